The third kappa shape index (κ3) is 6.51. The number of amides is 1. The van der Waals surface area contributed by atoms with E-state index < -0.39 is 16.0 Å². The van der Waals surface area contributed by atoms with Crippen LogP contribution in [0.3, 0.4) is 0 Å². The summed E-state index contributed by atoms with van der Waals surface area (Å²) in [5.41, 5.74) is 1.19. The van der Waals surface area contributed by atoms with Crippen LogP contribution in [0.4, 0.5) is 11.4 Å². The van der Waals surface area contributed by atoms with E-state index in [-0.39, 0.29) is 29.5 Å². The lowest BCUT2D eigenvalue weighted by Gasteiger charge is -2.25. The Bertz CT molecular complexity index is 1000. The highest BCUT2D eigenvalue weighted by atomic mass is 32.2. The number of hydrogen-bond donors (Lipinski definition) is 2. The van der Waals surface area contributed by atoms with Crippen LogP contribution < -0.4 is 10.0 Å². The van der Waals surface area contributed by atoms with Crippen LogP contribution in [-0.2, 0) is 24.3 Å². The van der Waals surface area contributed by atoms with E-state index in [1.165, 1.54) is 24.3 Å². The number of carbonyl (C=O) groups is 2. The number of carbonyl (C=O) groups excluding carboxylic acids is 2. The summed E-state index contributed by atoms with van der Waals surface area (Å²) >= 11 is 0. The maximum absolute atomic E-state index is 12.6. The van der Waals surface area contributed by atoms with Gasteiger partial charge in [0.25, 0.3) is 10.0 Å². The molecular formula is C21H25N3O6S. The normalized spacial score (nSPS) is 14.6. The highest BCUT2D eigenvalue weighted by Gasteiger charge is 2.17. The Kier molecular flexibility index (Phi) is 7.61. The Morgan fingerprint density at radius 1 is 1.00 bits per heavy atom. The number of ether oxygens (including phenoxy) is 2. The number of hydrogen-bond acceptors (Lipinski definition) is 7. The summed E-state index contributed by atoms with van der Waals surface area (Å²) < 4.78 is 37.8. The molecule has 0 aromatic heterocycles. The number of nitrogens with one attached hydrogen (secondary N) is 2. The highest BCUT2D eigenvalue weighted by Crippen LogP contribution is 2.19. The first-order valence-electron chi connectivity index (χ1n) is 9.87. The number of anilines is 2. The molecule has 9 nitrogen and oxygen atoms in total. The van der Waals surface area contributed by atoms with Crippen LogP contribution >= 0.6 is 0 Å². The van der Waals surface area contributed by atoms with Crippen LogP contribution in [-0.4, -0.2) is 64.6 Å². The third-order valence-electron chi connectivity index (χ3n) is 4.57. The largest absolute Gasteiger partial charge is 0.462 e. The molecule has 1 fully saturated rings. The molecule has 0 unspecified atom stereocenters. The summed E-state index contributed by atoms with van der Waals surface area (Å²) in [6, 6.07) is 11.9. The molecule has 0 saturated carbocycles. The zero-order valence-corrected chi connectivity index (χ0v) is 18.0. The van der Waals surface area contributed by atoms with E-state index in [4.69, 9.17) is 9.47 Å². The van der Waals surface area contributed by atoms with Crippen LogP contribution in [0.5, 0.6) is 0 Å². The monoisotopic (exact) mass is 447 g/mol. The Balaban J connectivity index is 1.58. The van der Waals surface area contributed by atoms with Crippen molar-refractivity contribution in [2.24, 2.45) is 0 Å². The number of esters is 1. The molecule has 166 valence electrons. The SMILES string of the molecule is CCOC(=O)c1ccc(S(=O)(=O)Nc2ccc(NC(=O)CN3CCOCC3)cc2)cc1. The fraction of sp³-hybridized carbons (Fsp3) is 0.333. The maximum atomic E-state index is 12.6. The molecule has 0 spiro atoms. The standard InChI is InChI=1S/C21H25N3O6S/c1-2-30-21(26)16-3-9-19(10-4-16)31(27,28)23-18-7-5-17(6-8-18)22-20(25)15-24-11-13-29-14-12-24/h3-10,23H,2,11-15H2,1H3,(H,22,25). The molecule has 1 heterocycles. The van der Waals surface area contributed by atoms with Gasteiger partial charge in [-0.15, -0.1) is 0 Å². The zero-order chi connectivity index (χ0) is 22.3. The van der Waals surface area contributed by atoms with Gasteiger partial charge in [-0.2, -0.15) is 0 Å². The number of sulfonamides is 1. The lowest BCUT2D eigenvalue weighted by molar-refractivity contribution is -0.118. The number of morpholine rings is 1. The van der Waals surface area contributed by atoms with Gasteiger partial charge >= 0.3 is 5.97 Å². The molecule has 0 radical (unpaired) electrons. The Morgan fingerprint density at radius 3 is 2.23 bits per heavy atom. The lowest BCUT2D eigenvalue weighted by Crippen LogP contribution is -2.41. The Labute approximate surface area is 181 Å². The van der Waals surface area contributed by atoms with Gasteiger partial charge in [0, 0.05) is 24.5 Å². The van der Waals surface area contributed by atoms with Gasteiger partial charge in [0.05, 0.1) is 36.8 Å². The smallest absolute Gasteiger partial charge is 0.338 e. The van der Waals surface area contributed by atoms with Crippen molar-refractivity contribution < 1.29 is 27.5 Å². The summed E-state index contributed by atoms with van der Waals surface area (Å²) in [4.78, 5) is 25.9. The van der Waals surface area contributed by atoms with Gasteiger partial charge in [0.2, 0.25) is 5.91 Å². The molecule has 1 aliphatic heterocycles. The minimum Gasteiger partial charge on any atom is -0.462 e. The lowest BCUT2D eigenvalue weighted by atomic mass is 10.2. The summed E-state index contributed by atoms with van der Waals surface area (Å²) in [5, 5.41) is 2.80. The van der Waals surface area contributed by atoms with Crippen LogP contribution in [0.2, 0.25) is 0 Å². The molecule has 2 aromatic rings. The van der Waals surface area contributed by atoms with E-state index in [2.05, 4.69) is 10.0 Å². The van der Waals surface area contributed by atoms with Crippen molar-refractivity contribution >= 4 is 33.3 Å². The van der Waals surface area contributed by atoms with E-state index in [0.29, 0.717) is 24.6 Å². The molecule has 2 N–H and O–H groups in total. The van der Waals surface area contributed by atoms with Crippen molar-refractivity contribution in [3.05, 3.63) is 54.1 Å². The second-order valence-corrected chi connectivity index (χ2v) is 8.55. The van der Waals surface area contributed by atoms with Crippen molar-refractivity contribution in [2.75, 3.05) is 49.5 Å². The molecule has 1 saturated heterocycles. The second-order valence-electron chi connectivity index (χ2n) is 6.86. The molecule has 3 rings (SSSR count). The second kappa shape index (κ2) is 10.4. The molecule has 0 aliphatic carbocycles. The topological polar surface area (TPSA) is 114 Å². The molecule has 0 atom stereocenters. The van der Waals surface area contributed by atoms with Crippen LogP contribution in [0.1, 0.15) is 17.3 Å². The van der Waals surface area contributed by atoms with Crippen LogP contribution in [0.25, 0.3) is 0 Å². The van der Waals surface area contributed by atoms with Crippen molar-refractivity contribution in [3.63, 3.8) is 0 Å². The molecule has 2 aromatic carbocycles. The number of benzene rings is 2. The molecule has 1 amide bonds. The van der Waals surface area contributed by atoms with Crippen LogP contribution in [0.15, 0.2) is 53.4 Å². The van der Waals surface area contributed by atoms with Gasteiger partial charge in [-0.05, 0) is 55.5 Å². The summed E-state index contributed by atoms with van der Waals surface area (Å²) in [6.45, 7) is 4.89. The Hall–Kier alpha value is -2.95. The minimum atomic E-state index is -3.83. The van der Waals surface area contributed by atoms with Crippen LogP contribution in [0, 0.1) is 0 Å². The minimum absolute atomic E-state index is 0.0171. The summed E-state index contributed by atoms with van der Waals surface area (Å²) in [7, 11) is -3.83. The summed E-state index contributed by atoms with van der Waals surface area (Å²) in [5.74, 6) is -0.650. The first kappa shape index (κ1) is 22.7. The predicted octanol–water partition coefficient (Wildman–Crippen LogP) is 1.93. The quantitative estimate of drug-likeness (QED) is 0.595. The van der Waals surface area contributed by atoms with E-state index in [1.807, 2.05) is 4.90 Å². The van der Waals surface area contributed by atoms with Gasteiger partial charge in [0.1, 0.15) is 0 Å². The molecule has 0 bridgehead atoms. The van der Waals surface area contributed by atoms with Gasteiger partial charge in [-0.3, -0.25) is 14.4 Å². The van der Waals surface area contributed by atoms with Crippen molar-refractivity contribution in [3.8, 4) is 0 Å². The van der Waals surface area contributed by atoms with Gasteiger partial charge in [-0.1, -0.05) is 0 Å². The zero-order valence-electron chi connectivity index (χ0n) is 17.2. The highest BCUT2D eigenvalue weighted by molar-refractivity contribution is 7.92. The first-order valence-corrected chi connectivity index (χ1v) is 11.4. The van der Waals surface area contributed by atoms with Gasteiger partial charge in [0.15, 0.2) is 0 Å². The number of rotatable bonds is 8. The number of nitrogens with zero attached hydrogens (tertiary/aromatic N) is 1. The van der Waals surface area contributed by atoms with E-state index >= 15 is 0 Å². The van der Waals surface area contributed by atoms with Crippen molar-refractivity contribution in [1.29, 1.82) is 0 Å². The van der Waals surface area contributed by atoms with E-state index in [9.17, 15) is 18.0 Å². The Morgan fingerprint density at radius 2 is 1.61 bits per heavy atom. The average Bonchev–Trinajstić information content (AvgIpc) is 2.76. The predicted molar refractivity (Wildman–Crippen MR) is 116 cm³/mol. The first-order chi connectivity index (χ1) is 14.9. The van der Waals surface area contributed by atoms with E-state index in [0.717, 1.165) is 13.1 Å². The fourth-order valence-electron chi connectivity index (χ4n) is 2.98. The van der Waals surface area contributed by atoms with Gasteiger partial charge in [-0.25, -0.2) is 13.2 Å². The summed E-state index contributed by atoms with van der Waals surface area (Å²) in [6.07, 6.45) is 0. The average molecular weight is 448 g/mol. The van der Waals surface area contributed by atoms with E-state index in [1.54, 1.807) is 31.2 Å². The van der Waals surface area contributed by atoms with Gasteiger partial charge < -0.3 is 14.8 Å². The fourth-order valence-corrected chi connectivity index (χ4v) is 4.04. The molecular weight excluding hydrogens is 422 g/mol. The third-order valence-corrected chi connectivity index (χ3v) is 5.96. The maximum Gasteiger partial charge on any atom is 0.338 e. The molecule has 1 aliphatic rings. The molecule has 10 heteroatoms. The molecule has 31 heavy (non-hydrogen) atoms. The van der Waals surface area contributed by atoms with Crippen molar-refractivity contribution in [2.45, 2.75) is 11.8 Å². The van der Waals surface area contributed by atoms with Crippen molar-refractivity contribution in [1.82, 2.24) is 4.90 Å².